The van der Waals surface area contributed by atoms with Crippen LogP contribution < -0.4 is 10.6 Å². The van der Waals surface area contributed by atoms with Crippen LogP contribution >= 0.6 is 0 Å². The van der Waals surface area contributed by atoms with Crippen molar-refractivity contribution in [2.24, 2.45) is 5.92 Å². The number of hydrogen-bond donors (Lipinski definition) is 3. The molecule has 1 heterocycles. The molecular weight excluding hydrogens is 468 g/mol. The van der Waals surface area contributed by atoms with Gasteiger partial charge in [-0.25, -0.2) is 9.59 Å². The average Bonchev–Trinajstić information content (AvgIpc) is 3.32. The van der Waals surface area contributed by atoms with Gasteiger partial charge in [0.25, 0.3) is 5.91 Å². The van der Waals surface area contributed by atoms with E-state index < -0.39 is 59.6 Å². The number of nitrogens with zero attached hydrogens (tertiary/aromatic N) is 1. The third kappa shape index (κ3) is 6.74. The van der Waals surface area contributed by atoms with Gasteiger partial charge in [-0.15, -0.1) is 0 Å². The number of ether oxygens (including phenoxy) is 1. The summed E-state index contributed by atoms with van der Waals surface area (Å²) in [6.45, 7) is 2.89. The Labute approximate surface area is 201 Å². The Hall–Kier alpha value is -3.57. The monoisotopic (exact) mass is 497 g/mol. The number of rotatable bonds is 10. The van der Waals surface area contributed by atoms with Crippen molar-refractivity contribution < 1.29 is 42.6 Å². The summed E-state index contributed by atoms with van der Waals surface area (Å²) in [5.41, 5.74) is 0.560. The van der Waals surface area contributed by atoms with E-state index in [1.54, 1.807) is 30.3 Å². The number of amides is 3. The number of Topliss-reactive ketones (excluding diaryl/α,β-unsaturated/α-hetero) is 1. The number of esters is 1. The predicted molar refractivity (Wildman–Crippen MR) is 119 cm³/mol. The van der Waals surface area contributed by atoms with Gasteiger partial charge in [0.05, 0.1) is 13.2 Å². The Kier molecular flexibility index (Phi) is 9.26. The number of carboxylic acid groups (broad SMARTS) is 1. The Bertz CT molecular complexity index is 956. The molecule has 3 unspecified atom stereocenters. The third-order valence-electron chi connectivity index (χ3n) is 5.72. The second-order valence-corrected chi connectivity index (χ2v) is 8.54. The Morgan fingerprint density at radius 1 is 1.14 bits per heavy atom. The number of halogens is 2. The van der Waals surface area contributed by atoms with Crippen molar-refractivity contribution in [2.75, 3.05) is 13.7 Å². The van der Waals surface area contributed by atoms with Crippen LogP contribution in [0.3, 0.4) is 0 Å². The summed E-state index contributed by atoms with van der Waals surface area (Å²) in [4.78, 5) is 62.0. The molecule has 1 aromatic carbocycles. The summed E-state index contributed by atoms with van der Waals surface area (Å²) in [5.74, 6) is -11.2. The van der Waals surface area contributed by atoms with Gasteiger partial charge in [-0.2, -0.15) is 8.78 Å². The highest BCUT2D eigenvalue weighted by Crippen LogP contribution is 2.23. The zero-order valence-corrected chi connectivity index (χ0v) is 19.6. The number of nitrogens with one attached hydrogen (secondary N) is 2. The van der Waals surface area contributed by atoms with E-state index in [0.29, 0.717) is 12.0 Å². The van der Waals surface area contributed by atoms with Gasteiger partial charge >= 0.3 is 18.0 Å². The maximum Gasteiger partial charge on any atom is 0.407 e. The standard InChI is InChI=1S/C23H29F2N3O7/c1-13(2)17(27-19(30)16-10-7-11-28(16)22(33)34)18(29)23(24,25)21(32)26-15(20(31)35-3)12-14-8-5-4-6-9-14/h4-6,8-9,13,15-17H,7,10-12H2,1-3H3,(H,26,32)(H,27,30)(H,33,34). The lowest BCUT2D eigenvalue weighted by molar-refractivity contribution is -0.163. The van der Waals surface area contributed by atoms with Crippen molar-refractivity contribution in [1.82, 2.24) is 15.5 Å². The molecule has 192 valence electrons. The Balaban J connectivity index is 2.17. The molecule has 0 bridgehead atoms. The van der Waals surface area contributed by atoms with Crippen LogP contribution in [0.15, 0.2) is 30.3 Å². The van der Waals surface area contributed by atoms with Crippen molar-refractivity contribution in [1.29, 1.82) is 0 Å². The largest absolute Gasteiger partial charge is 0.467 e. The second-order valence-electron chi connectivity index (χ2n) is 8.54. The van der Waals surface area contributed by atoms with Crippen LogP contribution in [0.4, 0.5) is 13.6 Å². The topological polar surface area (TPSA) is 142 Å². The van der Waals surface area contributed by atoms with Crippen LogP contribution in [0.5, 0.6) is 0 Å². The van der Waals surface area contributed by atoms with Crippen LogP contribution in [0.25, 0.3) is 0 Å². The minimum absolute atomic E-state index is 0.0998. The molecule has 1 aromatic rings. The fourth-order valence-corrected chi connectivity index (χ4v) is 3.79. The summed E-state index contributed by atoms with van der Waals surface area (Å²) in [6, 6.07) is 3.90. The minimum atomic E-state index is -4.59. The molecule has 10 nitrogen and oxygen atoms in total. The molecule has 0 saturated carbocycles. The molecule has 0 radical (unpaired) electrons. The van der Waals surface area contributed by atoms with Gasteiger partial charge in [0.2, 0.25) is 11.7 Å². The summed E-state index contributed by atoms with van der Waals surface area (Å²) in [7, 11) is 1.03. The summed E-state index contributed by atoms with van der Waals surface area (Å²) < 4.78 is 34.5. The van der Waals surface area contributed by atoms with Gasteiger partial charge in [0.15, 0.2) is 0 Å². The molecule has 3 N–H and O–H groups in total. The van der Waals surface area contributed by atoms with Crippen molar-refractivity contribution in [3.05, 3.63) is 35.9 Å². The van der Waals surface area contributed by atoms with Crippen LogP contribution in [-0.2, 0) is 30.3 Å². The quantitative estimate of drug-likeness (QED) is 0.327. The fraction of sp³-hybridized carbons (Fsp3) is 0.522. The van der Waals surface area contributed by atoms with E-state index in [1.807, 2.05) is 5.32 Å². The van der Waals surface area contributed by atoms with Crippen molar-refractivity contribution >= 4 is 29.7 Å². The normalized spacial score (nSPS) is 17.4. The molecule has 3 amide bonds. The number of methoxy groups -OCH3 is 1. The van der Waals surface area contributed by atoms with E-state index in [-0.39, 0.29) is 19.4 Å². The van der Waals surface area contributed by atoms with Crippen molar-refractivity contribution in [2.45, 2.75) is 57.2 Å². The summed E-state index contributed by atoms with van der Waals surface area (Å²) in [6.07, 6.45) is -0.916. The third-order valence-corrected chi connectivity index (χ3v) is 5.72. The number of carbonyl (C=O) groups excluding carboxylic acids is 4. The Morgan fingerprint density at radius 3 is 2.31 bits per heavy atom. The summed E-state index contributed by atoms with van der Waals surface area (Å²) >= 11 is 0. The van der Waals surface area contributed by atoms with Crippen molar-refractivity contribution in [3.63, 3.8) is 0 Å². The first-order valence-electron chi connectivity index (χ1n) is 11.0. The molecule has 1 saturated heterocycles. The molecule has 1 aliphatic heterocycles. The lowest BCUT2D eigenvalue weighted by Gasteiger charge is -2.28. The highest BCUT2D eigenvalue weighted by Gasteiger charge is 2.52. The van der Waals surface area contributed by atoms with E-state index in [9.17, 15) is 37.9 Å². The van der Waals surface area contributed by atoms with Gasteiger partial charge in [-0.05, 0) is 24.3 Å². The van der Waals surface area contributed by atoms with Crippen LogP contribution in [-0.4, -0.2) is 77.4 Å². The van der Waals surface area contributed by atoms with Crippen LogP contribution in [0.2, 0.25) is 0 Å². The van der Waals surface area contributed by atoms with E-state index in [0.717, 1.165) is 12.0 Å². The molecular formula is C23H29F2N3O7. The maximum atomic E-state index is 15.0. The maximum absolute atomic E-state index is 15.0. The zero-order chi connectivity index (χ0) is 26.3. The fourth-order valence-electron chi connectivity index (χ4n) is 3.79. The molecule has 0 spiro atoms. The molecule has 2 rings (SSSR count). The van der Waals surface area contributed by atoms with Crippen LogP contribution in [0, 0.1) is 5.92 Å². The molecule has 0 aliphatic carbocycles. The Morgan fingerprint density at radius 2 is 1.77 bits per heavy atom. The van der Waals surface area contributed by atoms with Crippen LogP contribution in [0.1, 0.15) is 32.3 Å². The molecule has 0 aromatic heterocycles. The zero-order valence-electron chi connectivity index (χ0n) is 19.6. The molecule has 1 aliphatic rings. The average molecular weight is 497 g/mol. The SMILES string of the molecule is COC(=O)C(Cc1ccccc1)NC(=O)C(F)(F)C(=O)C(NC(=O)C1CCCN1C(=O)O)C(C)C. The van der Waals surface area contributed by atoms with Gasteiger partial charge in [-0.3, -0.25) is 19.3 Å². The molecule has 35 heavy (non-hydrogen) atoms. The van der Waals surface area contributed by atoms with E-state index >= 15 is 0 Å². The number of alkyl halides is 2. The lowest BCUT2D eigenvalue weighted by atomic mass is 9.94. The van der Waals surface area contributed by atoms with Crippen molar-refractivity contribution in [3.8, 4) is 0 Å². The van der Waals surface area contributed by atoms with Gasteiger partial charge < -0.3 is 20.5 Å². The highest BCUT2D eigenvalue weighted by molar-refractivity contribution is 6.11. The van der Waals surface area contributed by atoms with E-state index in [1.165, 1.54) is 13.8 Å². The minimum Gasteiger partial charge on any atom is -0.467 e. The first kappa shape index (κ1) is 27.7. The van der Waals surface area contributed by atoms with E-state index in [4.69, 9.17) is 0 Å². The molecule has 12 heteroatoms. The predicted octanol–water partition coefficient (Wildman–Crippen LogP) is 1.37. The lowest BCUT2D eigenvalue weighted by Crippen LogP contribution is -2.60. The smallest absolute Gasteiger partial charge is 0.407 e. The number of benzene rings is 1. The highest BCUT2D eigenvalue weighted by atomic mass is 19.3. The first-order chi connectivity index (χ1) is 16.4. The van der Waals surface area contributed by atoms with Gasteiger partial charge in [0, 0.05) is 13.0 Å². The number of ketones is 1. The summed E-state index contributed by atoms with van der Waals surface area (Å²) in [5, 5.41) is 13.3. The number of hydrogen-bond acceptors (Lipinski definition) is 6. The number of carbonyl (C=O) groups is 5. The molecule has 1 fully saturated rings. The van der Waals surface area contributed by atoms with Gasteiger partial charge in [-0.1, -0.05) is 44.2 Å². The molecule has 3 atom stereocenters. The first-order valence-corrected chi connectivity index (χ1v) is 11.0. The second kappa shape index (κ2) is 11.7. The van der Waals surface area contributed by atoms with E-state index in [2.05, 4.69) is 10.1 Å². The van der Waals surface area contributed by atoms with Gasteiger partial charge in [0.1, 0.15) is 12.1 Å². The number of likely N-dealkylation sites (tertiary alicyclic amines) is 1.